The highest BCUT2D eigenvalue weighted by Gasteiger charge is 2.37. The Morgan fingerprint density at radius 2 is 2.00 bits per heavy atom. The first kappa shape index (κ1) is 18.5. The van der Waals surface area contributed by atoms with E-state index in [-0.39, 0.29) is 30.7 Å². The lowest BCUT2D eigenvalue weighted by Gasteiger charge is -2.28. The van der Waals surface area contributed by atoms with Gasteiger partial charge in [-0.2, -0.15) is 0 Å². The number of para-hydroxylation sites is 1. The van der Waals surface area contributed by atoms with Crippen LogP contribution in [0.4, 0.5) is 11.4 Å². The Labute approximate surface area is 161 Å². The highest BCUT2D eigenvalue weighted by molar-refractivity contribution is 6.37. The van der Waals surface area contributed by atoms with Crippen molar-refractivity contribution in [3.8, 4) is 5.75 Å². The first-order valence-electron chi connectivity index (χ1n) is 7.92. The van der Waals surface area contributed by atoms with Crippen molar-refractivity contribution in [1.82, 2.24) is 4.98 Å². The van der Waals surface area contributed by atoms with Gasteiger partial charge in [0.2, 0.25) is 5.91 Å². The fourth-order valence-electron chi connectivity index (χ4n) is 2.61. The van der Waals surface area contributed by atoms with Crippen LogP contribution in [-0.4, -0.2) is 29.9 Å². The molecule has 0 aliphatic carbocycles. The van der Waals surface area contributed by atoms with E-state index in [1.54, 1.807) is 44.3 Å². The topological polar surface area (TPSA) is 71.5 Å². The average Bonchev–Trinajstić information content (AvgIpc) is 2.69. The van der Waals surface area contributed by atoms with Crippen molar-refractivity contribution in [2.45, 2.75) is 13.8 Å². The van der Waals surface area contributed by atoms with Crippen LogP contribution in [0.25, 0.3) is 0 Å². The van der Waals surface area contributed by atoms with Crippen LogP contribution in [0.5, 0.6) is 5.75 Å². The number of pyridine rings is 1. The zero-order chi connectivity index (χ0) is 18.9. The summed E-state index contributed by atoms with van der Waals surface area (Å²) in [6.45, 7) is 3.46. The number of nitrogens with one attached hydrogen (secondary N) is 1. The molecule has 6 nitrogen and oxygen atoms in total. The van der Waals surface area contributed by atoms with Gasteiger partial charge in [-0.15, -0.1) is 0 Å². The Morgan fingerprint density at radius 1 is 1.31 bits per heavy atom. The molecule has 8 heteroatoms. The molecule has 0 bridgehead atoms. The highest BCUT2D eigenvalue weighted by Crippen LogP contribution is 2.35. The van der Waals surface area contributed by atoms with Crippen LogP contribution in [0, 0.1) is 5.41 Å². The lowest BCUT2D eigenvalue weighted by Crippen LogP contribution is -2.43. The highest BCUT2D eigenvalue weighted by atomic mass is 35.5. The zero-order valence-electron chi connectivity index (χ0n) is 14.3. The van der Waals surface area contributed by atoms with E-state index in [9.17, 15) is 9.59 Å². The van der Waals surface area contributed by atoms with E-state index in [1.165, 1.54) is 11.1 Å². The van der Waals surface area contributed by atoms with E-state index < -0.39 is 5.41 Å². The molecule has 0 saturated carbocycles. The van der Waals surface area contributed by atoms with Gasteiger partial charge in [-0.05, 0) is 32.0 Å². The summed E-state index contributed by atoms with van der Waals surface area (Å²) in [6.07, 6.45) is 3.09. The molecule has 0 saturated heterocycles. The summed E-state index contributed by atoms with van der Waals surface area (Å²) in [7, 11) is 0. The molecule has 0 unspecified atom stereocenters. The number of anilines is 2. The minimum absolute atomic E-state index is 0.171. The lowest BCUT2D eigenvalue weighted by atomic mass is 9.92. The van der Waals surface area contributed by atoms with Crippen LogP contribution in [0.15, 0.2) is 36.7 Å². The summed E-state index contributed by atoms with van der Waals surface area (Å²) in [5.74, 6) is -0.256. The fraction of sp³-hybridized carbons (Fsp3) is 0.278. The molecule has 0 spiro atoms. The summed E-state index contributed by atoms with van der Waals surface area (Å²) < 4.78 is 5.55. The number of fused-ring (bicyclic) bond motifs is 1. The number of amides is 2. The van der Waals surface area contributed by atoms with Crippen LogP contribution in [-0.2, 0) is 9.59 Å². The number of nitrogens with zero attached hydrogens (tertiary/aromatic N) is 2. The van der Waals surface area contributed by atoms with Crippen LogP contribution in [0.1, 0.15) is 13.8 Å². The molecule has 3 rings (SSSR count). The molecule has 1 aromatic heterocycles. The minimum Gasteiger partial charge on any atom is -0.481 e. The Hall–Kier alpha value is -2.31. The molecule has 1 aliphatic rings. The monoisotopic (exact) mass is 393 g/mol. The number of carbonyl (C=O) groups is 2. The Balaban J connectivity index is 1.86. The third-order valence-corrected chi connectivity index (χ3v) is 4.66. The van der Waals surface area contributed by atoms with Crippen LogP contribution in [0.3, 0.4) is 0 Å². The lowest BCUT2D eigenvalue weighted by molar-refractivity contribution is -0.124. The fourth-order valence-corrected chi connectivity index (χ4v) is 3.11. The summed E-state index contributed by atoms with van der Waals surface area (Å²) in [4.78, 5) is 30.8. The predicted octanol–water partition coefficient (Wildman–Crippen LogP) is 3.78. The molecule has 1 aliphatic heterocycles. The van der Waals surface area contributed by atoms with E-state index in [0.717, 1.165) is 0 Å². The molecule has 0 fully saturated rings. The molecule has 2 aromatic rings. The first-order chi connectivity index (χ1) is 12.3. The number of rotatable bonds is 3. The van der Waals surface area contributed by atoms with Gasteiger partial charge in [0.25, 0.3) is 5.91 Å². The van der Waals surface area contributed by atoms with Crippen LogP contribution >= 0.6 is 23.2 Å². The molecule has 26 heavy (non-hydrogen) atoms. The normalized spacial score (nSPS) is 15.7. The Morgan fingerprint density at radius 3 is 2.69 bits per heavy atom. The maximum absolute atomic E-state index is 12.9. The van der Waals surface area contributed by atoms with Crippen molar-refractivity contribution in [2.24, 2.45) is 5.41 Å². The Kier molecular flexibility index (Phi) is 5.07. The number of halogens is 2. The predicted molar refractivity (Wildman–Crippen MR) is 101 cm³/mol. The van der Waals surface area contributed by atoms with Crippen molar-refractivity contribution >= 4 is 46.4 Å². The van der Waals surface area contributed by atoms with Gasteiger partial charge in [-0.3, -0.25) is 14.6 Å². The van der Waals surface area contributed by atoms with E-state index in [0.29, 0.717) is 21.4 Å². The van der Waals surface area contributed by atoms with E-state index in [2.05, 4.69) is 10.3 Å². The number of aromatic nitrogens is 1. The quantitative estimate of drug-likeness (QED) is 0.860. The minimum atomic E-state index is -0.781. The van der Waals surface area contributed by atoms with Gasteiger partial charge in [0.15, 0.2) is 12.4 Å². The number of hydrogen-bond donors (Lipinski definition) is 1. The third-order valence-electron chi connectivity index (χ3n) is 4.07. The van der Waals surface area contributed by atoms with Gasteiger partial charge in [-0.25, -0.2) is 0 Å². The third kappa shape index (κ3) is 3.61. The van der Waals surface area contributed by atoms with Crippen LogP contribution < -0.4 is 15.0 Å². The number of benzene rings is 1. The maximum Gasteiger partial charge on any atom is 0.265 e. The van der Waals surface area contributed by atoms with Gasteiger partial charge in [-0.1, -0.05) is 29.3 Å². The number of hydrogen-bond acceptors (Lipinski definition) is 4. The molecule has 1 aromatic carbocycles. The number of ether oxygens (including phenoxy) is 1. The van der Waals surface area contributed by atoms with E-state index in [1.807, 2.05) is 0 Å². The first-order valence-corrected chi connectivity index (χ1v) is 8.68. The van der Waals surface area contributed by atoms with E-state index in [4.69, 9.17) is 27.9 Å². The maximum atomic E-state index is 12.9. The molecule has 2 heterocycles. The molecular formula is C18H17Cl2N3O3. The van der Waals surface area contributed by atoms with Crippen molar-refractivity contribution < 1.29 is 14.3 Å². The zero-order valence-corrected chi connectivity index (χ0v) is 15.8. The summed E-state index contributed by atoms with van der Waals surface area (Å²) in [5, 5.41) is 3.47. The van der Waals surface area contributed by atoms with Gasteiger partial charge in [0, 0.05) is 12.7 Å². The van der Waals surface area contributed by atoms with Crippen molar-refractivity contribution in [3.05, 3.63) is 46.7 Å². The van der Waals surface area contributed by atoms with E-state index >= 15 is 0 Å². The molecular weight excluding hydrogens is 377 g/mol. The number of carbonyl (C=O) groups excluding carboxylic acids is 2. The van der Waals surface area contributed by atoms with Gasteiger partial charge < -0.3 is 15.0 Å². The molecule has 1 N–H and O–H groups in total. The summed E-state index contributed by atoms with van der Waals surface area (Å²) in [6, 6.07) is 6.60. The van der Waals surface area contributed by atoms with Crippen LogP contribution in [0.2, 0.25) is 10.0 Å². The van der Waals surface area contributed by atoms with Crippen molar-refractivity contribution in [1.29, 1.82) is 0 Å². The second-order valence-electron chi connectivity index (χ2n) is 6.55. The van der Waals surface area contributed by atoms with Crippen molar-refractivity contribution in [3.63, 3.8) is 0 Å². The summed E-state index contributed by atoms with van der Waals surface area (Å²) in [5.41, 5.74) is 0.265. The SMILES string of the molecule is CC1(C)CN(C(=O)COc2c(Cl)cccc2Cl)c2cnccc2NC1=O. The van der Waals surface area contributed by atoms with Gasteiger partial charge in [0.1, 0.15) is 0 Å². The Bertz CT molecular complexity index is 850. The van der Waals surface area contributed by atoms with Crippen molar-refractivity contribution in [2.75, 3.05) is 23.4 Å². The molecule has 2 amide bonds. The second kappa shape index (κ2) is 7.13. The summed E-state index contributed by atoms with van der Waals surface area (Å²) >= 11 is 12.1. The van der Waals surface area contributed by atoms with Gasteiger partial charge >= 0.3 is 0 Å². The smallest absolute Gasteiger partial charge is 0.265 e. The largest absolute Gasteiger partial charge is 0.481 e. The molecule has 0 atom stereocenters. The standard InChI is InChI=1S/C18H17Cl2N3O3/c1-18(2)10-23(14-8-21-7-6-13(14)22-17(18)25)15(24)9-26-16-11(19)4-3-5-12(16)20/h3-8H,9-10H2,1-2H3,(H,22,25). The average molecular weight is 394 g/mol. The second-order valence-corrected chi connectivity index (χ2v) is 7.36. The molecule has 0 radical (unpaired) electrons. The molecule has 136 valence electrons. The van der Waals surface area contributed by atoms with Gasteiger partial charge in [0.05, 0.1) is 33.0 Å².